The summed E-state index contributed by atoms with van der Waals surface area (Å²) < 4.78 is 0. The third-order valence-electron chi connectivity index (χ3n) is 2.62. The van der Waals surface area contributed by atoms with Crippen molar-refractivity contribution < 1.29 is 4.79 Å². The van der Waals surface area contributed by atoms with Crippen molar-refractivity contribution in [3.05, 3.63) is 11.8 Å². The van der Waals surface area contributed by atoms with E-state index in [2.05, 4.69) is 0 Å². The van der Waals surface area contributed by atoms with Crippen LogP contribution in [0.2, 0.25) is 0 Å². The summed E-state index contributed by atoms with van der Waals surface area (Å²) in [6, 6.07) is 1.95. The number of carbonyl (C=O) groups is 1. The molecule has 0 N–H and O–H groups in total. The van der Waals surface area contributed by atoms with E-state index < -0.39 is 5.41 Å². The van der Waals surface area contributed by atoms with E-state index in [9.17, 15) is 4.79 Å². The second-order valence-corrected chi connectivity index (χ2v) is 4.35. The lowest BCUT2D eigenvalue weighted by Crippen LogP contribution is -2.55. The average Bonchev–Trinajstić information content (AvgIpc) is 2.19. The summed E-state index contributed by atoms with van der Waals surface area (Å²) in [6.45, 7) is 3.57. The van der Waals surface area contributed by atoms with Gasteiger partial charge in [-0.1, -0.05) is 0 Å². The van der Waals surface area contributed by atoms with Crippen LogP contribution < -0.4 is 0 Å². The molecule has 0 aliphatic carbocycles. The molecule has 1 rings (SSSR count). The van der Waals surface area contributed by atoms with E-state index in [0.717, 1.165) is 0 Å². The molecule has 1 heterocycles. The standard InChI is InChI=1S/C10H13N3OS/c1-10(2)7(5-6-11)12(3)9(15)13(4)8(10)14/h5H,1-4H3/b7-5-. The fraction of sp³-hybridized carbons (Fsp3) is 0.500. The molecule has 0 unspecified atom stereocenters. The highest BCUT2D eigenvalue weighted by atomic mass is 32.1. The van der Waals surface area contributed by atoms with Crippen molar-refractivity contribution >= 4 is 23.2 Å². The van der Waals surface area contributed by atoms with Crippen LogP contribution >= 0.6 is 12.2 Å². The Bertz CT molecular complexity index is 392. The highest BCUT2D eigenvalue weighted by Gasteiger charge is 2.43. The van der Waals surface area contributed by atoms with Gasteiger partial charge in [0.25, 0.3) is 0 Å². The predicted molar refractivity (Wildman–Crippen MR) is 60.6 cm³/mol. The molecule has 0 spiro atoms. The zero-order valence-corrected chi connectivity index (χ0v) is 10.1. The third-order valence-corrected chi connectivity index (χ3v) is 3.16. The largest absolute Gasteiger partial charge is 0.324 e. The molecule has 1 saturated heterocycles. The van der Waals surface area contributed by atoms with Gasteiger partial charge in [-0.3, -0.25) is 9.69 Å². The Kier molecular flexibility index (Phi) is 2.82. The van der Waals surface area contributed by atoms with Gasteiger partial charge in [0.05, 0.1) is 11.5 Å². The first kappa shape index (κ1) is 11.7. The molecule has 1 fully saturated rings. The fourth-order valence-electron chi connectivity index (χ4n) is 1.70. The second kappa shape index (κ2) is 3.63. The first-order chi connectivity index (χ1) is 6.84. The van der Waals surface area contributed by atoms with Gasteiger partial charge in [0.2, 0.25) is 5.91 Å². The molecule has 0 aromatic carbocycles. The van der Waals surface area contributed by atoms with E-state index in [4.69, 9.17) is 17.5 Å². The van der Waals surface area contributed by atoms with E-state index in [-0.39, 0.29) is 5.91 Å². The van der Waals surface area contributed by atoms with E-state index in [1.165, 1.54) is 11.0 Å². The van der Waals surface area contributed by atoms with E-state index >= 15 is 0 Å². The Balaban J connectivity index is 3.30. The number of thiocarbonyl (C=S) groups is 1. The molecule has 1 amide bonds. The molecule has 1 aliphatic rings. The molecule has 80 valence electrons. The molecule has 15 heavy (non-hydrogen) atoms. The molecule has 4 nitrogen and oxygen atoms in total. The van der Waals surface area contributed by atoms with Crippen LogP contribution in [0.25, 0.3) is 0 Å². The summed E-state index contributed by atoms with van der Waals surface area (Å²) in [5.74, 6) is -0.0906. The minimum Gasteiger partial charge on any atom is -0.324 e. The molecule has 0 saturated carbocycles. The van der Waals surface area contributed by atoms with Crippen molar-refractivity contribution in [3.8, 4) is 6.07 Å². The Labute approximate surface area is 94.8 Å². The van der Waals surface area contributed by atoms with Crippen LogP contribution in [0.4, 0.5) is 0 Å². The maximum absolute atomic E-state index is 11.9. The summed E-state index contributed by atoms with van der Waals surface area (Å²) in [6.07, 6.45) is 1.37. The van der Waals surface area contributed by atoms with E-state index in [1.54, 1.807) is 32.8 Å². The summed E-state index contributed by atoms with van der Waals surface area (Å²) in [5.41, 5.74) is -0.0697. The summed E-state index contributed by atoms with van der Waals surface area (Å²) >= 11 is 5.10. The lowest BCUT2D eigenvalue weighted by molar-refractivity contribution is -0.135. The molecule has 1 aliphatic heterocycles. The lowest BCUT2D eigenvalue weighted by atomic mass is 9.85. The quantitative estimate of drug-likeness (QED) is 0.456. The van der Waals surface area contributed by atoms with Crippen LogP contribution in [0.1, 0.15) is 13.8 Å². The number of hydrogen-bond acceptors (Lipinski definition) is 3. The van der Waals surface area contributed by atoms with Crippen LogP contribution in [-0.2, 0) is 4.79 Å². The zero-order chi connectivity index (χ0) is 11.8. The molecular weight excluding hydrogens is 210 g/mol. The maximum Gasteiger partial charge on any atom is 0.240 e. The number of carbonyl (C=O) groups excluding carboxylic acids is 1. The van der Waals surface area contributed by atoms with E-state index in [0.29, 0.717) is 10.8 Å². The van der Waals surface area contributed by atoms with Gasteiger partial charge in [-0.05, 0) is 26.1 Å². The highest BCUT2D eigenvalue weighted by Crippen LogP contribution is 2.35. The monoisotopic (exact) mass is 223 g/mol. The van der Waals surface area contributed by atoms with Gasteiger partial charge >= 0.3 is 0 Å². The number of amides is 1. The maximum atomic E-state index is 11.9. The first-order valence-corrected chi connectivity index (χ1v) is 4.91. The predicted octanol–water partition coefficient (Wildman–Crippen LogP) is 1.11. The number of hydrogen-bond donors (Lipinski definition) is 0. The van der Waals surface area contributed by atoms with E-state index in [1.807, 2.05) is 6.07 Å². The second-order valence-electron chi connectivity index (χ2n) is 3.99. The van der Waals surface area contributed by atoms with Crippen molar-refractivity contribution in [2.45, 2.75) is 13.8 Å². The molecule has 0 bridgehead atoms. The van der Waals surface area contributed by atoms with Crippen molar-refractivity contribution in [3.63, 3.8) is 0 Å². The smallest absolute Gasteiger partial charge is 0.240 e. The van der Waals surface area contributed by atoms with Gasteiger partial charge in [0.1, 0.15) is 0 Å². The summed E-state index contributed by atoms with van der Waals surface area (Å²) in [4.78, 5) is 15.1. The van der Waals surface area contributed by atoms with Crippen LogP contribution in [0.5, 0.6) is 0 Å². The van der Waals surface area contributed by atoms with Crippen molar-refractivity contribution in [1.82, 2.24) is 9.80 Å². The van der Waals surface area contributed by atoms with Gasteiger partial charge < -0.3 is 4.90 Å². The van der Waals surface area contributed by atoms with Crippen LogP contribution in [0.3, 0.4) is 0 Å². The van der Waals surface area contributed by atoms with Gasteiger partial charge in [0, 0.05) is 25.9 Å². The van der Waals surface area contributed by atoms with Gasteiger partial charge in [-0.25, -0.2) is 0 Å². The Morgan fingerprint density at radius 2 is 1.93 bits per heavy atom. The molecule has 5 heteroatoms. The normalized spacial score (nSPS) is 23.3. The van der Waals surface area contributed by atoms with Gasteiger partial charge in [-0.15, -0.1) is 0 Å². The van der Waals surface area contributed by atoms with Gasteiger partial charge in [-0.2, -0.15) is 5.26 Å². The molecular formula is C10H13N3OS. The summed E-state index contributed by atoms with van der Waals surface area (Å²) in [5, 5.41) is 9.10. The Morgan fingerprint density at radius 3 is 2.40 bits per heavy atom. The Hall–Kier alpha value is -1.41. The number of nitrogens with zero attached hydrogens (tertiary/aromatic N) is 3. The molecule has 0 aromatic rings. The molecule has 0 radical (unpaired) electrons. The number of rotatable bonds is 0. The highest BCUT2D eigenvalue weighted by molar-refractivity contribution is 7.80. The minimum atomic E-state index is -0.707. The number of nitriles is 1. The van der Waals surface area contributed by atoms with Crippen molar-refractivity contribution in [1.29, 1.82) is 5.26 Å². The molecule has 0 aromatic heterocycles. The fourth-order valence-corrected chi connectivity index (χ4v) is 1.88. The van der Waals surface area contributed by atoms with Crippen LogP contribution in [-0.4, -0.2) is 34.9 Å². The number of allylic oxidation sites excluding steroid dienone is 1. The average molecular weight is 223 g/mol. The Morgan fingerprint density at radius 1 is 1.40 bits per heavy atom. The van der Waals surface area contributed by atoms with Gasteiger partial charge in [0.15, 0.2) is 5.11 Å². The minimum absolute atomic E-state index is 0.0906. The summed E-state index contributed by atoms with van der Waals surface area (Å²) in [7, 11) is 3.41. The van der Waals surface area contributed by atoms with Crippen molar-refractivity contribution in [2.75, 3.05) is 14.1 Å². The lowest BCUT2D eigenvalue weighted by Gasteiger charge is -2.43. The third kappa shape index (κ3) is 1.61. The first-order valence-electron chi connectivity index (χ1n) is 4.50. The molecule has 0 atom stereocenters. The van der Waals surface area contributed by atoms with Crippen LogP contribution in [0.15, 0.2) is 11.8 Å². The SMILES string of the molecule is CN1C(=O)C(C)(C)/C(=C/C#N)N(C)C1=S. The zero-order valence-electron chi connectivity index (χ0n) is 9.24. The topological polar surface area (TPSA) is 47.3 Å². The van der Waals surface area contributed by atoms with Crippen LogP contribution in [0, 0.1) is 16.7 Å². The van der Waals surface area contributed by atoms with Crippen molar-refractivity contribution in [2.24, 2.45) is 5.41 Å².